The molecule has 1 saturated heterocycles. The van der Waals surface area contributed by atoms with Crippen LogP contribution in [0.15, 0.2) is 48.7 Å². The number of hydrogen-bond acceptors (Lipinski definition) is 2. The van der Waals surface area contributed by atoms with Crippen molar-refractivity contribution in [1.82, 2.24) is 13.6 Å². The van der Waals surface area contributed by atoms with Gasteiger partial charge in [0.25, 0.3) is 10.2 Å². The van der Waals surface area contributed by atoms with E-state index in [0.29, 0.717) is 19.0 Å². The Bertz CT molecular complexity index is 1100. The van der Waals surface area contributed by atoms with Crippen LogP contribution in [0, 0.1) is 5.82 Å². The maximum Gasteiger partial charge on any atom is 0.282 e. The number of H-pyrrole nitrogens is 1. The molecule has 0 spiro atoms. The molecule has 1 aromatic heterocycles. The second-order valence-electron chi connectivity index (χ2n) is 7.43. The molecule has 4 rings (SSSR count). The molecule has 154 valence electrons. The second-order valence-corrected chi connectivity index (χ2v) is 9.87. The summed E-state index contributed by atoms with van der Waals surface area (Å²) in [5.41, 5.74) is 2.53. The highest BCUT2D eigenvalue weighted by atomic mass is 35.5. The lowest BCUT2D eigenvalue weighted by molar-refractivity contribution is 0.294. The van der Waals surface area contributed by atoms with Gasteiger partial charge in [0.15, 0.2) is 0 Å². The van der Waals surface area contributed by atoms with Gasteiger partial charge in [-0.05, 0) is 42.5 Å². The number of rotatable bonds is 5. The average molecular weight is 436 g/mol. The van der Waals surface area contributed by atoms with Crippen LogP contribution in [0.3, 0.4) is 0 Å². The van der Waals surface area contributed by atoms with Gasteiger partial charge in [-0.25, -0.2) is 4.39 Å². The molecule has 1 aliphatic heterocycles. The van der Waals surface area contributed by atoms with Gasteiger partial charge in [0.2, 0.25) is 0 Å². The van der Waals surface area contributed by atoms with E-state index in [1.807, 2.05) is 24.4 Å². The highest BCUT2D eigenvalue weighted by Crippen LogP contribution is 2.34. The first-order valence-electron chi connectivity index (χ1n) is 9.58. The third kappa shape index (κ3) is 3.92. The van der Waals surface area contributed by atoms with Crippen LogP contribution in [0.25, 0.3) is 10.9 Å². The van der Waals surface area contributed by atoms with Crippen molar-refractivity contribution < 1.29 is 12.8 Å². The summed E-state index contributed by atoms with van der Waals surface area (Å²) in [4.78, 5) is 3.29. The van der Waals surface area contributed by atoms with E-state index >= 15 is 0 Å². The summed E-state index contributed by atoms with van der Waals surface area (Å²) in [6.07, 6.45) is 3.52. The number of fused-ring (bicyclic) bond motifs is 1. The predicted octanol–water partition coefficient (Wildman–Crippen LogP) is 4.52. The molecule has 0 atom stereocenters. The minimum atomic E-state index is -3.69. The molecule has 0 unspecified atom stereocenters. The summed E-state index contributed by atoms with van der Waals surface area (Å²) in [6.45, 7) is 0.764. The fourth-order valence-electron chi connectivity index (χ4n) is 4.01. The number of nitrogens with one attached hydrogen (secondary N) is 1. The Labute approximate surface area is 175 Å². The fourth-order valence-corrected chi connectivity index (χ4v) is 5.60. The lowest BCUT2D eigenvalue weighted by atomic mass is 9.90. The van der Waals surface area contributed by atoms with Crippen LogP contribution in [0.1, 0.15) is 29.9 Å². The first kappa shape index (κ1) is 20.3. The summed E-state index contributed by atoms with van der Waals surface area (Å²) in [5.74, 6) is -0.193. The third-order valence-corrected chi connectivity index (χ3v) is 7.97. The molecule has 1 aliphatic rings. The third-order valence-electron chi connectivity index (χ3n) is 5.68. The normalized spacial score (nSPS) is 16.7. The Kier molecular flexibility index (Phi) is 5.66. The van der Waals surface area contributed by atoms with E-state index in [2.05, 4.69) is 11.1 Å². The summed E-state index contributed by atoms with van der Waals surface area (Å²) >= 11 is 6.06. The SMILES string of the molecule is CN(Cc1c(F)cccc1Cl)S(=O)(=O)N1CCC(c2c[nH]c3ccccc23)CC1. The summed E-state index contributed by atoms with van der Waals surface area (Å²) in [6, 6.07) is 12.5. The van der Waals surface area contributed by atoms with E-state index in [1.165, 1.54) is 38.7 Å². The van der Waals surface area contributed by atoms with Gasteiger partial charge >= 0.3 is 0 Å². The highest BCUT2D eigenvalue weighted by Gasteiger charge is 2.32. The molecule has 3 aromatic rings. The predicted molar refractivity (Wildman–Crippen MR) is 114 cm³/mol. The summed E-state index contributed by atoms with van der Waals surface area (Å²) in [5, 5.41) is 1.42. The van der Waals surface area contributed by atoms with Gasteiger partial charge in [0.1, 0.15) is 5.82 Å². The van der Waals surface area contributed by atoms with Crippen molar-refractivity contribution in [2.75, 3.05) is 20.1 Å². The minimum Gasteiger partial charge on any atom is -0.361 e. The molecule has 0 saturated carbocycles. The Morgan fingerprint density at radius 1 is 1.17 bits per heavy atom. The Morgan fingerprint density at radius 2 is 1.90 bits per heavy atom. The van der Waals surface area contributed by atoms with Crippen LogP contribution in [-0.4, -0.2) is 42.1 Å². The number of aromatic amines is 1. The zero-order chi connectivity index (χ0) is 20.6. The topological polar surface area (TPSA) is 56.4 Å². The van der Waals surface area contributed by atoms with Gasteiger partial charge in [0.05, 0.1) is 0 Å². The molecule has 29 heavy (non-hydrogen) atoms. The Morgan fingerprint density at radius 3 is 2.62 bits per heavy atom. The quantitative estimate of drug-likeness (QED) is 0.640. The molecule has 0 amide bonds. The van der Waals surface area contributed by atoms with Crippen molar-refractivity contribution in [3.63, 3.8) is 0 Å². The number of aromatic nitrogens is 1. The van der Waals surface area contributed by atoms with Crippen LogP contribution in [0.5, 0.6) is 0 Å². The maximum absolute atomic E-state index is 14.1. The van der Waals surface area contributed by atoms with E-state index in [1.54, 1.807) is 6.07 Å². The van der Waals surface area contributed by atoms with Gasteiger partial charge in [-0.15, -0.1) is 0 Å². The minimum absolute atomic E-state index is 0.101. The number of hydrogen-bond donors (Lipinski definition) is 1. The Hall–Kier alpha value is -1.93. The van der Waals surface area contributed by atoms with E-state index in [0.717, 1.165) is 18.4 Å². The van der Waals surface area contributed by atoms with Crippen molar-refractivity contribution in [3.8, 4) is 0 Å². The molecular formula is C21H23ClFN3O2S. The second kappa shape index (κ2) is 8.07. The smallest absolute Gasteiger partial charge is 0.282 e. The zero-order valence-electron chi connectivity index (χ0n) is 16.1. The van der Waals surface area contributed by atoms with E-state index in [4.69, 9.17) is 11.6 Å². The number of piperidine rings is 1. The Balaban J connectivity index is 1.46. The van der Waals surface area contributed by atoms with Crippen molar-refractivity contribution in [1.29, 1.82) is 0 Å². The summed E-state index contributed by atoms with van der Waals surface area (Å²) < 4.78 is 42.7. The monoisotopic (exact) mass is 435 g/mol. The van der Waals surface area contributed by atoms with Crippen LogP contribution >= 0.6 is 11.6 Å². The molecule has 0 aliphatic carbocycles. The first-order chi connectivity index (χ1) is 13.9. The summed E-state index contributed by atoms with van der Waals surface area (Å²) in [7, 11) is -2.23. The molecule has 1 N–H and O–H groups in total. The largest absolute Gasteiger partial charge is 0.361 e. The molecular weight excluding hydrogens is 413 g/mol. The zero-order valence-corrected chi connectivity index (χ0v) is 17.7. The lowest BCUT2D eigenvalue weighted by Gasteiger charge is -2.33. The molecule has 2 aromatic carbocycles. The van der Waals surface area contributed by atoms with E-state index in [-0.39, 0.29) is 17.1 Å². The number of halogens is 2. The fraction of sp³-hybridized carbons (Fsp3) is 0.333. The van der Waals surface area contributed by atoms with Crippen molar-refractivity contribution in [3.05, 3.63) is 70.6 Å². The molecule has 0 bridgehead atoms. The van der Waals surface area contributed by atoms with Crippen LogP contribution < -0.4 is 0 Å². The molecule has 5 nitrogen and oxygen atoms in total. The van der Waals surface area contributed by atoms with Gasteiger partial charge in [0, 0.05) is 54.4 Å². The lowest BCUT2D eigenvalue weighted by Crippen LogP contribution is -2.45. The van der Waals surface area contributed by atoms with Crippen molar-refractivity contribution >= 4 is 32.7 Å². The van der Waals surface area contributed by atoms with E-state index < -0.39 is 16.0 Å². The van der Waals surface area contributed by atoms with Crippen LogP contribution in [0.4, 0.5) is 4.39 Å². The van der Waals surface area contributed by atoms with Crippen LogP contribution in [-0.2, 0) is 16.8 Å². The number of nitrogens with zero attached hydrogens (tertiary/aromatic N) is 2. The van der Waals surface area contributed by atoms with E-state index in [9.17, 15) is 12.8 Å². The van der Waals surface area contributed by atoms with Gasteiger partial charge in [-0.1, -0.05) is 35.9 Å². The number of benzene rings is 2. The molecule has 1 fully saturated rings. The van der Waals surface area contributed by atoms with Gasteiger partial charge < -0.3 is 4.98 Å². The molecule has 2 heterocycles. The van der Waals surface area contributed by atoms with Crippen LogP contribution in [0.2, 0.25) is 5.02 Å². The highest BCUT2D eigenvalue weighted by molar-refractivity contribution is 7.86. The molecule has 8 heteroatoms. The van der Waals surface area contributed by atoms with Gasteiger partial charge in [-0.2, -0.15) is 17.0 Å². The maximum atomic E-state index is 14.1. The van der Waals surface area contributed by atoms with Crippen molar-refractivity contribution in [2.24, 2.45) is 0 Å². The standard InChI is InChI=1S/C21H23ClFN3O2S/c1-25(14-18-19(22)6-4-7-20(18)23)29(27,28)26-11-9-15(10-12-26)17-13-24-21-8-3-2-5-16(17)21/h2-8,13,15,24H,9-12,14H2,1H3. The molecule has 0 radical (unpaired) electrons. The average Bonchev–Trinajstić information content (AvgIpc) is 3.15. The van der Waals surface area contributed by atoms with Crippen molar-refractivity contribution in [2.45, 2.75) is 25.3 Å². The number of para-hydroxylation sites is 1. The van der Waals surface area contributed by atoms with Gasteiger partial charge in [-0.3, -0.25) is 0 Å². The first-order valence-corrected chi connectivity index (χ1v) is 11.4.